The molecule has 3 nitrogen and oxygen atoms in total. The Kier molecular flexibility index (Phi) is 5.72. The number of anilines is 1. The van der Waals surface area contributed by atoms with Crippen molar-refractivity contribution in [2.75, 3.05) is 19.0 Å². The van der Waals surface area contributed by atoms with Crippen molar-refractivity contribution in [3.63, 3.8) is 0 Å². The average Bonchev–Trinajstić information content (AvgIpc) is 2.34. The smallest absolute Gasteiger partial charge is 0.120 e. The van der Waals surface area contributed by atoms with Crippen LogP contribution in [0.25, 0.3) is 0 Å². The fourth-order valence-corrected chi connectivity index (χ4v) is 1.61. The second-order valence-corrected chi connectivity index (χ2v) is 3.90. The van der Waals surface area contributed by atoms with E-state index in [1.54, 1.807) is 7.11 Å². The molecular formula is C13H21NO2. The van der Waals surface area contributed by atoms with E-state index < -0.39 is 0 Å². The number of methoxy groups -OCH3 is 1. The van der Waals surface area contributed by atoms with Crippen LogP contribution in [0.3, 0.4) is 0 Å². The van der Waals surface area contributed by atoms with Gasteiger partial charge in [0.05, 0.1) is 13.7 Å². The van der Waals surface area contributed by atoms with Crippen molar-refractivity contribution in [3.05, 3.63) is 24.3 Å². The standard InChI is InChI=1S/C13H21NO2/c1-3-4-6-12(10-15)14-11-7-5-8-13(9-11)16-2/h5,7-9,12,14-15H,3-4,6,10H2,1-2H3. The Morgan fingerprint density at radius 3 is 2.88 bits per heavy atom. The Balaban J connectivity index is 2.55. The molecule has 0 saturated heterocycles. The third-order valence-electron chi connectivity index (χ3n) is 2.57. The van der Waals surface area contributed by atoms with Crippen LogP contribution in [0.1, 0.15) is 26.2 Å². The first kappa shape index (κ1) is 12.8. The van der Waals surface area contributed by atoms with Crippen molar-refractivity contribution in [1.82, 2.24) is 0 Å². The summed E-state index contributed by atoms with van der Waals surface area (Å²) >= 11 is 0. The Bertz CT molecular complexity index is 302. The van der Waals surface area contributed by atoms with Crippen LogP contribution in [0.4, 0.5) is 5.69 Å². The predicted octanol–water partition coefficient (Wildman–Crippen LogP) is 2.66. The first-order valence-electron chi connectivity index (χ1n) is 5.81. The number of unbranched alkanes of at least 4 members (excludes halogenated alkanes) is 1. The Morgan fingerprint density at radius 2 is 2.25 bits per heavy atom. The number of hydrogen-bond acceptors (Lipinski definition) is 3. The maximum atomic E-state index is 9.25. The number of ether oxygens (including phenoxy) is 1. The number of nitrogens with one attached hydrogen (secondary N) is 1. The highest BCUT2D eigenvalue weighted by Gasteiger charge is 2.06. The van der Waals surface area contributed by atoms with Gasteiger partial charge in [0.2, 0.25) is 0 Å². The highest BCUT2D eigenvalue weighted by Crippen LogP contribution is 2.18. The number of aliphatic hydroxyl groups excluding tert-OH is 1. The van der Waals surface area contributed by atoms with Crippen LogP contribution in [0, 0.1) is 0 Å². The minimum atomic E-state index is 0.132. The molecule has 3 heteroatoms. The fourth-order valence-electron chi connectivity index (χ4n) is 1.61. The minimum absolute atomic E-state index is 0.132. The molecule has 2 N–H and O–H groups in total. The van der Waals surface area contributed by atoms with Gasteiger partial charge >= 0.3 is 0 Å². The molecule has 0 aromatic heterocycles. The van der Waals surface area contributed by atoms with Gasteiger partial charge in [-0.25, -0.2) is 0 Å². The van der Waals surface area contributed by atoms with Crippen molar-refractivity contribution in [2.24, 2.45) is 0 Å². The molecule has 0 bridgehead atoms. The van der Waals surface area contributed by atoms with E-state index >= 15 is 0 Å². The zero-order valence-corrected chi connectivity index (χ0v) is 10.1. The van der Waals surface area contributed by atoms with Crippen LogP contribution in [0.15, 0.2) is 24.3 Å². The molecule has 0 heterocycles. The molecule has 0 aliphatic heterocycles. The number of hydrogen-bond donors (Lipinski definition) is 2. The van der Waals surface area contributed by atoms with Crippen LogP contribution in [0.2, 0.25) is 0 Å². The molecule has 1 unspecified atom stereocenters. The maximum absolute atomic E-state index is 9.25. The molecule has 0 spiro atoms. The van der Waals surface area contributed by atoms with E-state index in [1.165, 1.54) is 0 Å². The zero-order valence-electron chi connectivity index (χ0n) is 10.1. The van der Waals surface area contributed by atoms with Gasteiger partial charge in [0.15, 0.2) is 0 Å². The lowest BCUT2D eigenvalue weighted by molar-refractivity contribution is 0.267. The van der Waals surface area contributed by atoms with Gasteiger partial charge in [-0.15, -0.1) is 0 Å². The first-order chi connectivity index (χ1) is 7.80. The van der Waals surface area contributed by atoms with E-state index in [0.29, 0.717) is 0 Å². The second-order valence-electron chi connectivity index (χ2n) is 3.90. The van der Waals surface area contributed by atoms with Crippen LogP contribution in [0.5, 0.6) is 5.75 Å². The van der Waals surface area contributed by atoms with Crippen LogP contribution in [-0.2, 0) is 0 Å². The fraction of sp³-hybridized carbons (Fsp3) is 0.538. The Morgan fingerprint density at radius 1 is 1.44 bits per heavy atom. The number of aliphatic hydroxyl groups is 1. The second kappa shape index (κ2) is 7.12. The van der Waals surface area contributed by atoms with Gasteiger partial charge in [0.1, 0.15) is 5.75 Å². The molecule has 90 valence electrons. The topological polar surface area (TPSA) is 41.5 Å². The van der Waals surface area contributed by atoms with Gasteiger partial charge in [-0.3, -0.25) is 0 Å². The summed E-state index contributed by atoms with van der Waals surface area (Å²) in [6, 6.07) is 7.90. The largest absolute Gasteiger partial charge is 0.497 e. The van der Waals surface area contributed by atoms with Gasteiger partial charge in [0.25, 0.3) is 0 Å². The molecule has 0 amide bonds. The third-order valence-corrected chi connectivity index (χ3v) is 2.57. The lowest BCUT2D eigenvalue weighted by Crippen LogP contribution is -2.23. The van der Waals surface area contributed by atoms with Crippen molar-refractivity contribution >= 4 is 5.69 Å². The summed E-state index contributed by atoms with van der Waals surface area (Å²) in [7, 11) is 1.65. The Hall–Kier alpha value is -1.22. The SMILES string of the molecule is CCCCC(CO)Nc1cccc(OC)c1. The summed E-state index contributed by atoms with van der Waals surface area (Å²) in [5.74, 6) is 0.831. The van der Waals surface area contributed by atoms with Gasteiger partial charge in [-0.2, -0.15) is 0 Å². The highest BCUT2D eigenvalue weighted by atomic mass is 16.5. The molecule has 0 saturated carbocycles. The van der Waals surface area contributed by atoms with Gasteiger partial charge in [0, 0.05) is 17.8 Å². The van der Waals surface area contributed by atoms with Crippen LogP contribution >= 0.6 is 0 Å². The lowest BCUT2D eigenvalue weighted by atomic mass is 10.1. The maximum Gasteiger partial charge on any atom is 0.120 e. The predicted molar refractivity (Wildman–Crippen MR) is 67.0 cm³/mol. The molecule has 0 aliphatic carbocycles. The summed E-state index contributed by atoms with van der Waals surface area (Å²) in [4.78, 5) is 0. The molecule has 0 aliphatic rings. The molecule has 1 aromatic rings. The molecule has 1 atom stereocenters. The van der Waals surface area contributed by atoms with Crippen molar-refractivity contribution < 1.29 is 9.84 Å². The van der Waals surface area contributed by atoms with Crippen LogP contribution < -0.4 is 10.1 Å². The molecule has 1 aromatic carbocycles. The van der Waals surface area contributed by atoms with Gasteiger partial charge < -0.3 is 15.2 Å². The summed E-state index contributed by atoms with van der Waals surface area (Å²) in [6.07, 6.45) is 3.27. The summed E-state index contributed by atoms with van der Waals surface area (Å²) in [5, 5.41) is 12.6. The normalized spacial score (nSPS) is 12.2. The van der Waals surface area contributed by atoms with Crippen molar-refractivity contribution in [3.8, 4) is 5.75 Å². The molecule has 1 rings (SSSR count). The number of benzene rings is 1. The highest BCUT2D eigenvalue weighted by molar-refractivity contribution is 5.48. The summed E-state index contributed by atoms with van der Waals surface area (Å²) < 4.78 is 5.15. The van der Waals surface area contributed by atoms with Crippen molar-refractivity contribution in [1.29, 1.82) is 0 Å². The monoisotopic (exact) mass is 223 g/mol. The lowest BCUT2D eigenvalue weighted by Gasteiger charge is -2.17. The Labute approximate surface area is 97.4 Å². The molecular weight excluding hydrogens is 202 g/mol. The van der Waals surface area contributed by atoms with Gasteiger partial charge in [-0.1, -0.05) is 25.8 Å². The van der Waals surface area contributed by atoms with Crippen LogP contribution in [-0.4, -0.2) is 24.9 Å². The summed E-state index contributed by atoms with van der Waals surface area (Å²) in [6.45, 7) is 2.32. The molecule has 0 radical (unpaired) electrons. The van der Waals surface area contributed by atoms with E-state index in [2.05, 4.69) is 12.2 Å². The number of rotatable bonds is 7. The zero-order chi connectivity index (χ0) is 11.8. The minimum Gasteiger partial charge on any atom is -0.497 e. The van der Waals surface area contributed by atoms with E-state index in [9.17, 15) is 5.11 Å². The van der Waals surface area contributed by atoms with Crippen molar-refractivity contribution in [2.45, 2.75) is 32.2 Å². The third kappa shape index (κ3) is 4.11. The van der Waals surface area contributed by atoms with Gasteiger partial charge in [-0.05, 0) is 18.6 Å². The molecule has 16 heavy (non-hydrogen) atoms. The van der Waals surface area contributed by atoms with E-state index in [0.717, 1.165) is 30.7 Å². The summed E-state index contributed by atoms with van der Waals surface area (Å²) in [5.41, 5.74) is 0.995. The van der Waals surface area contributed by atoms with E-state index in [4.69, 9.17) is 4.74 Å². The quantitative estimate of drug-likeness (QED) is 0.746. The first-order valence-corrected chi connectivity index (χ1v) is 5.81. The van der Waals surface area contributed by atoms with E-state index in [1.807, 2.05) is 24.3 Å². The van der Waals surface area contributed by atoms with E-state index in [-0.39, 0.29) is 12.6 Å². The molecule has 0 fully saturated rings. The average molecular weight is 223 g/mol.